The van der Waals surface area contributed by atoms with Crippen molar-refractivity contribution in [3.05, 3.63) is 28.2 Å². The van der Waals surface area contributed by atoms with E-state index in [1.807, 2.05) is 45.9 Å². The van der Waals surface area contributed by atoms with E-state index in [2.05, 4.69) is 21.2 Å². The molecule has 0 aromatic heterocycles. The van der Waals surface area contributed by atoms with Gasteiger partial charge in [-0.15, -0.1) is 0 Å². The zero-order chi connectivity index (χ0) is 13.2. The zero-order valence-electron chi connectivity index (χ0n) is 10.7. The molecule has 1 amide bonds. The number of nitrogens with two attached hydrogens (primary N) is 1. The summed E-state index contributed by atoms with van der Waals surface area (Å²) in [7, 11) is 0. The second kappa shape index (κ2) is 5.19. The molecular weight excluding hydrogens is 280 g/mol. The summed E-state index contributed by atoms with van der Waals surface area (Å²) in [6.45, 7) is 7.79. The first-order valence-corrected chi connectivity index (χ1v) is 6.34. The number of anilines is 1. The highest BCUT2D eigenvalue weighted by molar-refractivity contribution is 9.10. The van der Waals surface area contributed by atoms with Crippen molar-refractivity contribution < 1.29 is 4.79 Å². The molecule has 0 bridgehead atoms. The van der Waals surface area contributed by atoms with E-state index in [1.165, 1.54) is 0 Å². The van der Waals surface area contributed by atoms with E-state index in [-0.39, 0.29) is 11.3 Å². The molecule has 0 aliphatic carbocycles. The first kappa shape index (κ1) is 14.2. The summed E-state index contributed by atoms with van der Waals surface area (Å²) >= 11 is 3.43. The summed E-state index contributed by atoms with van der Waals surface area (Å²) in [6, 6.07) is 5.16. The van der Waals surface area contributed by atoms with Gasteiger partial charge >= 0.3 is 0 Å². The number of carbonyl (C=O) groups is 1. The molecule has 0 fully saturated rings. The molecule has 0 saturated heterocycles. The van der Waals surface area contributed by atoms with Crippen molar-refractivity contribution in [3.63, 3.8) is 0 Å². The summed E-state index contributed by atoms with van der Waals surface area (Å²) in [6.07, 6.45) is 0. The van der Waals surface area contributed by atoms with Gasteiger partial charge < -0.3 is 11.1 Å². The quantitative estimate of drug-likeness (QED) is 0.881. The van der Waals surface area contributed by atoms with E-state index < -0.39 is 6.04 Å². The lowest BCUT2D eigenvalue weighted by Gasteiger charge is -2.26. The van der Waals surface area contributed by atoms with Crippen LogP contribution >= 0.6 is 15.9 Å². The monoisotopic (exact) mass is 298 g/mol. The maximum absolute atomic E-state index is 12.0. The standard InChI is InChI=1S/C13H19BrN2O/c1-8-9(14)6-5-7-10(8)16-12(17)11(15)13(2,3)4/h5-7,11H,15H2,1-4H3,(H,16,17)/t11-/m1/s1. The van der Waals surface area contributed by atoms with Crippen LogP contribution in [0.1, 0.15) is 26.3 Å². The van der Waals surface area contributed by atoms with E-state index >= 15 is 0 Å². The third-order valence-corrected chi connectivity index (χ3v) is 3.60. The second-order valence-electron chi connectivity index (χ2n) is 5.25. The first-order chi connectivity index (χ1) is 7.73. The minimum Gasteiger partial charge on any atom is -0.324 e. The van der Waals surface area contributed by atoms with Crippen LogP contribution in [-0.4, -0.2) is 11.9 Å². The number of hydrogen-bond donors (Lipinski definition) is 2. The molecule has 1 atom stereocenters. The van der Waals surface area contributed by atoms with Crippen molar-refractivity contribution >= 4 is 27.5 Å². The van der Waals surface area contributed by atoms with Crippen molar-refractivity contribution in [2.24, 2.45) is 11.1 Å². The Labute approximate surface area is 111 Å². The smallest absolute Gasteiger partial charge is 0.241 e. The molecule has 0 spiro atoms. The summed E-state index contributed by atoms with van der Waals surface area (Å²) in [5, 5.41) is 2.86. The average molecular weight is 299 g/mol. The van der Waals surface area contributed by atoms with Gasteiger partial charge in [-0.1, -0.05) is 42.8 Å². The lowest BCUT2D eigenvalue weighted by molar-refractivity contribution is -0.119. The fourth-order valence-corrected chi connectivity index (χ4v) is 1.71. The minimum absolute atomic E-state index is 0.154. The normalized spacial score (nSPS) is 13.3. The summed E-state index contributed by atoms with van der Waals surface area (Å²) in [5.41, 5.74) is 7.46. The molecule has 0 saturated carbocycles. The van der Waals surface area contributed by atoms with Gasteiger partial charge in [-0.25, -0.2) is 0 Å². The molecule has 0 radical (unpaired) electrons. The molecule has 1 aromatic carbocycles. The number of carbonyl (C=O) groups excluding carboxylic acids is 1. The van der Waals surface area contributed by atoms with Crippen LogP contribution in [-0.2, 0) is 4.79 Å². The van der Waals surface area contributed by atoms with Crippen molar-refractivity contribution in [2.45, 2.75) is 33.7 Å². The number of hydrogen-bond acceptors (Lipinski definition) is 2. The Morgan fingerprint density at radius 2 is 2.00 bits per heavy atom. The largest absolute Gasteiger partial charge is 0.324 e. The lowest BCUT2D eigenvalue weighted by Crippen LogP contribution is -2.45. The van der Waals surface area contributed by atoms with Crippen molar-refractivity contribution in [3.8, 4) is 0 Å². The van der Waals surface area contributed by atoms with E-state index in [0.717, 1.165) is 15.7 Å². The maximum atomic E-state index is 12.0. The van der Waals surface area contributed by atoms with Crippen molar-refractivity contribution in [2.75, 3.05) is 5.32 Å². The van der Waals surface area contributed by atoms with Crippen LogP contribution in [0, 0.1) is 12.3 Å². The van der Waals surface area contributed by atoms with Crippen LogP contribution in [0.25, 0.3) is 0 Å². The van der Waals surface area contributed by atoms with E-state index in [4.69, 9.17) is 5.73 Å². The van der Waals surface area contributed by atoms with Crippen molar-refractivity contribution in [1.82, 2.24) is 0 Å². The Hall–Kier alpha value is -0.870. The highest BCUT2D eigenvalue weighted by Gasteiger charge is 2.27. The Balaban J connectivity index is 2.86. The van der Waals surface area contributed by atoms with Gasteiger partial charge in [-0.3, -0.25) is 4.79 Å². The van der Waals surface area contributed by atoms with E-state index in [0.29, 0.717) is 0 Å². The van der Waals surface area contributed by atoms with Crippen LogP contribution in [0.5, 0.6) is 0 Å². The van der Waals surface area contributed by atoms with Gasteiger partial charge in [0.2, 0.25) is 5.91 Å². The SMILES string of the molecule is Cc1c(Br)cccc1NC(=O)[C@@H](N)C(C)(C)C. The summed E-state index contributed by atoms with van der Waals surface area (Å²) in [5.74, 6) is -0.154. The molecule has 3 N–H and O–H groups in total. The predicted molar refractivity (Wildman–Crippen MR) is 74.9 cm³/mol. The molecule has 1 rings (SSSR count). The summed E-state index contributed by atoms with van der Waals surface area (Å²) in [4.78, 5) is 12.0. The average Bonchev–Trinajstić information content (AvgIpc) is 2.22. The Kier molecular flexibility index (Phi) is 4.33. The van der Waals surface area contributed by atoms with E-state index in [9.17, 15) is 4.79 Å². The Morgan fingerprint density at radius 3 is 2.53 bits per heavy atom. The predicted octanol–water partition coefficient (Wildman–Crippen LogP) is 3.07. The van der Waals surface area contributed by atoms with Crippen LogP contribution in [0.15, 0.2) is 22.7 Å². The number of rotatable bonds is 2. The van der Waals surface area contributed by atoms with Gasteiger partial charge in [-0.05, 0) is 30.0 Å². The third kappa shape index (κ3) is 3.54. The molecule has 0 heterocycles. The third-order valence-electron chi connectivity index (χ3n) is 2.74. The topological polar surface area (TPSA) is 55.1 Å². The van der Waals surface area contributed by atoms with Gasteiger partial charge in [0.05, 0.1) is 6.04 Å². The molecule has 3 nitrogen and oxygen atoms in total. The molecule has 1 aromatic rings. The van der Waals surface area contributed by atoms with Crippen molar-refractivity contribution in [1.29, 1.82) is 0 Å². The first-order valence-electron chi connectivity index (χ1n) is 5.55. The Morgan fingerprint density at radius 1 is 1.41 bits per heavy atom. The van der Waals surface area contributed by atoms with Crippen LogP contribution in [0.2, 0.25) is 0 Å². The van der Waals surface area contributed by atoms with Gasteiger partial charge in [0.25, 0.3) is 0 Å². The van der Waals surface area contributed by atoms with Crippen LogP contribution in [0.4, 0.5) is 5.69 Å². The van der Waals surface area contributed by atoms with Crippen LogP contribution < -0.4 is 11.1 Å². The molecule has 94 valence electrons. The molecule has 4 heteroatoms. The molecule has 0 aliphatic rings. The highest BCUT2D eigenvalue weighted by atomic mass is 79.9. The number of amides is 1. The van der Waals surface area contributed by atoms with Gasteiger partial charge in [0.15, 0.2) is 0 Å². The number of benzene rings is 1. The number of halogens is 1. The Bertz CT molecular complexity index is 424. The van der Waals surface area contributed by atoms with Gasteiger partial charge in [0, 0.05) is 10.2 Å². The second-order valence-corrected chi connectivity index (χ2v) is 6.10. The summed E-state index contributed by atoms with van der Waals surface area (Å²) < 4.78 is 0.972. The highest BCUT2D eigenvalue weighted by Crippen LogP contribution is 2.25. The zero-order valence-corrected chi connectivity index (χ0v) is 12.3. The molecule has 0 aliphatic heterocycles. The van der Waals surface area contributed by atoms with E-state index in [1.54, 1.807) is 0 Å². The molecule has 0 unspecified atom stereocenters. The molecular formula is C13H19BrN2O. The number of nitrogens with one attached hydrogen (secondary N) is 1. The maximum Gasteiger partial charge on any atom is 0.241 e. The molecule has 17 heavy (non-hydrogen) atoms. The van der Waals surface area contributed by atoms with Gasteiger partial charge in [-0.2, -0.15) is 0 Å². The van der Waals surface area contributed by atoms with Gasteiger partial charge in [0.1, 0.15) is 0 Å². The van der Waals surface area contributed by atoms with Crippen LogP contribution in [0.3, 0.4) is 0 Å². The minimum atomic E-state index is -0.527. The fraction of sp³-hybridized carbons (Fsp3) is 0.462. The fourth-order valence-electron chi connectivity index (χ4n) is 1.35. The lowest BCUT2D eigenvalue weighted by atomic mass is 9.87.